The van der Waals surface area contributed by atoms with Crippen molar-refractivity contribution in [2.24, 2.45) is 11.3 Å². The fourth-order valence-electron chi connectivity index (χ4n) is 5.96. The van der Waals surface area contributed by atoms with Gasteiger partial charge < -0.3 is 15.7 Å². The maximum Gasteiger partial charge on any atom is 0.408 e. The van der Waals surface area contributed by atoms with E-state index in [1.807, 2.05) is 6.92 Å². The van der Waals surface area contributed by atoms with Gasteiger partial charge in [0.15, 0.2) is 11.1 Å². The molecule has 41 heavy (non-hydrogen) atoms. The molecule has 3 aromatic heterocycles. The molecule has 11 nitrogen and oxygen atoms in total. The molecule has 3 N–H and O–H groups in total. The first-order valence-corrected chi connectivity index (χ1v) is 13.8. The van der Waals surface area contributed by atoms with Crippen molar-refractivity contribution in [2.75, 3.05) is 0 Å². The number of amides is 2. The van der Waals surface area contributed by atoms with Gasteiger partial charge in [0.25, 0.3) is 5.91 Å². The zero-order valence-electron chi connectivity index (χ0n) is 22.5. The Hall–Kier alpha value is -3.97. The number of carboxylic acid groups (broad SMARTS) is 1. The number of imidazole rings is 1. The molecule has 2 fully saturated rings. The molecule has 1 saturated heterocycles. The monoisotopic (exact) mass is 575 g/mol. The SMILES string of the molecule is CCn1nccc1C(=O)N[C@H](c1cn2nc(CC3(C(=O)O)C[C@@H](C(F)(F)F)NC3=O)ccc2n1)C1CCCCCC1. The number of hydrogen-bond acceptors (Lipinski definition) is 6. The lowest BCUT2D eigenvalue weighted by Gasteiger charge is -2.26. The third-order valence-electron chi connectivity index (χ3n) is 8.20. The summed E-state index contributed by atoms with van der Waals surface area (Å²) in [4.78, 5) is 42.6. The average Bonchev–Trinajstić information content (AvgIpc) is 3.59. The van der Waals surface area contributed by atoms with E-state index in [1.54, 1.807) is 34.5 Å². The number of nitrogens with one attached hydrogen (secondary N) is 2. The van der Waals surface area contributed by atoms with E-state index < -0.39 is 48.4 Å². The molecule has 0 bridgehead atoms. The van der Waals surface area contributed by atoms with Gasteiger partial charge in [0, 0.05) is 25.6 Å². The fourth-order valence-corrected chi connectivity index (χ4v) is 5.96. The predicted molar refractivity (Wildman–Crippen MR) is 139 cm³/mol. The molecule has 1 aliphatic carbocycles. The van der Waals surface area contributed by atoms with Gasteiger partial charge >= 0.3 is 12.1 Å². The quantitative estimate of drug-likeness (QED) is 0.276. The van der Waals surface area contributed by atoms with Gasteiger partial charge in [0.1, 0.15) is 11.7 Å². The summed E-state index contributed by atoms with van der Waals surface area (Å²) in [6.07, 6.45) is 3.09. The van der Waals surface area contributed by atoms with Gasteiger partial charge in [-0.05, 0) is 43.9 Å². The molecule has 2 amide bonds. The first-order valence-electron chi connectivity index (χ1n) is 13.8. The van der Waals surface area contributed by atoms with Gasteiger partial charge in [0.05, 0.1) is 23.6 Å². The van der Waals surface area contributed by atoms with E-state index >= 15 is 0 Å². The summed E-state index contributed by atoms with van der Waals surface area (Å²) in [5.41, 5.74) is -0.751. The number of carboxylic acids is 1. The molecule has 3 atom stereocenters. The summed E-state index contributed by atoms with van der Waals surface area (Å²) in [5, 5.41) is 23.3. The van der Waals surface area contributed by atoms with E-state index in [2.05, 4.69) is 15.5 Å². The third kappa shape index (κ3) is 5.64. The molecule has 0 radical (unpaired) electrons. The van der Waals surface area contributed by atoms with Crippen LogP contribution in [0.2, 0.25) is 0 Å². The Morgan fingerprint density at radius 1 is 1.20 bits per heavy atom. The molecule has 4 heterocycles. The number of aliphatic carboxylic acids is 1. The average molecular weight is 576 g/mol. The normalized spacial score (nSPS) is 22.8. The number of alkyl halides is 3. The Kier molecular flexibility index (Phi) is 7.75. The van der Waals surface area contributed by atoms with Crippen molar-refractivity contribution >= 4 is 23.4 Å². The highest BCUT2D eigenvalue weighted by molar-refractivity contribution is 6.04. The maximum atomic E-state index is 13.3. The van der Waals surface area contributed by atoms with Crippen molar-refractivity contribution in [3.63, 3.8) is 0 Å². The number of aromatic nitrogens is 5. The van der Waals surface area contributed by atoms with Gasteiger partial charge in [-0.15, -0.1) is 0 Å². The summed E-state index contributed by atoms with van der Waals surface area (Å²) in [7, 11) is 0. The Balaban J connectivity index is 1.45. The zero-order valence-corrected chi connectivity index (χ0v) is 22.5. The first-order chi connectivity index (χ1) is 19.5. The molecule has 1 saturated carbocycles. The van der Waals surface area contributed by atoms with E-state index in [4.69, 9.17) is 4.98 Å². The highest BCUT2D eigenvalue weighted by Gasteiger charge is 2.59. The van der Waals surface area contributed by atoms with Crippen molar-refractivity contribution in [1.29, 1.82) is 0 Å². The van der Waals surface area contributed by atoms with E-state index in [0.29, 0.717) is 23.6 Å². The molecule has 2 aliphatic rings. The highest BCUT2D eigenvalue weighted by Crippen LogP contribution is 2.40. The van der Waals surface area contributed by atoms with Crippen LogP contribution in [-0.4, -0.2) is 59.5 Å². The molecule has 5 rings (SSSR count). The van der Waals surface area contributed by atoms with Crippen LogP contribution >= 0.6 is 0 Å². The van der Waals surface area contributed by atoms with E-state index in [-0.39, 0.29) is 17.5 Å². The van der Waals surface area contributed by atoms with Crippen LogP contribution in [0.4, 0.5) is 13.2 Å². The van der Waals surface area contributed by atoms with Crippen molar-refractivity contribution in [1.82, 2.24) is 35.0 Å². The van der Waals surface area contributed by atoms with Crippen molar-refractivity contribution in [3.8, 4) is 0 Å². The molecule has 1 aliphatic heterocycles. The van der Waals surface area contributed by atoms with E-state index in [0.717, 1.165) is 38.5 Å². The molecular formula is C27H32F3N7O4. The molecule has 14 heteroatoms. The fraction of sp³-hybridized carbons (Fsp3) is 0.556. The van der Waals surface area contributed by atoms with Crippen molar-refractivity contribution in [3.05, 3.63) is 47.7 Å². The Bertz CT molecular complexity index is 1440. The van der Waals surface area contributed by atoms with Crippen molar-refractivity contribution < 1.29 is 32.7 Å². The minimum atomic E-state index is -4.77. The number of carbonyl (C=O) groups is 3. The predicted octanol–water partition coefficient (Wildman–Crippen LogP) is 3.45. The third-order valence-corrected chi connectivity index (χ3v) is 8.20. The number of hydrogen-bond donors (Lipinski definition) is 3. The van der Waals surface area contributed by atoms with Gasteiger partial charge in [-0.1, -0.05) is 25.7 Å². The van der Waals surface area contributed by atoms with Crippen LogP contribution in [0.15, 0.2) is 30.6 Å². The largest absolute Gasteiger partial charge is 0.480 e. The van der Waals surface area contributed by atoms with Crippen LogP contribution < -0.4 is 10.6 Å². The van der Waals surface area contributed by atoms with Gasteiger partial charge in [0.2, 0.25) is 5.91 Å². The van der Waals surface area contributed by atoms with E-state index in [1.165, 1.54) is 10.6 Å². The van der Waals surface area contributed by atoms with E-state index in [9.17, 15) is 32.7 Å². The smallest absolute Gasteiger partial charge is 0.408 e. The molecule has 1 unspecified atom stereocenters. The summed E-state index contributed by atoms with van der Waals surface area (Å²) < 4.78 is 42.9. The summed E-state index contributed by atoms with van der Waals surface area (Å²) in [5.74, 6) is -2.99. The minimum Gasteiger partial charge on any atom is -0.480 e. The minimum absolute atomic E-state index is 0.126. The lowest BCUT2D eigenvalue weighted by molar-refractivity contribution is -0.158. The maximum absolute atomic E-state index is 13.3. The number of fused-ring (bicyclic) bond motifs is 1. The number of carbonyl (C=O) groups excluding carboxylic acids is 2. The standard InChI is InChI=1S/C27H32F3N7O4/c1-2-36-19(11-12-31-36)23(38)34-22(16-7-5-3-4-6-8-16)18-15-37-21(32-18)10-9-17(35-37)13-26(25(40)41)14-20(27(28,29)30)33-24(26)39/h9-12,15-16,20,22H,2-8,13-14H2,1H3,(H,33,39)(H,34,38)(H,40,41)/t20-,22-,26?/m0/s1. The number of nitrogens with zero attached hydrogens (tertiary/aromatic N) is 5. The van der Waals surface area contributed by atoms with Crippen LogP contribution in [0.25, 0.3) is 5.65 Å². The summed E-state index contributed by atoms with van der Waals surface area (Å²) in [6, 6.07) is 2.02. The van der Waals surface area contributed by atoms with Gasteiger partial charge in [-0.3, -0.25) is 19.1 Å². The Morgan fingerprint density at radius 3 is 2.56 bits per heavy atom. The second-order valence-electron chi connectivity index (χ2n) is 10.9. The molecule has 3 aromatic rings. The lowest BCUT2D eigenvalue weighted by Crippen LogP contribution is -2.41. The molecule has 0 spiro atoms. The summed E-state index contributed by atoms with van der Waals surface area (Å²) in [6.45, 7) is 2.43. The second kappa shape index (κ2) is 11.1. The number of aryl methyl sites for hydroxylation is 1. The Labute approximate surface area is 233 Å². The van der Waals surface area contributed by atoms with Crippen LogP contribution in [0.5, 0.6) is 0 Å². The topological polar surface area (TPSA) is 144 Å². The second-order valence-corrected chi connectivity index (χ2v) is 10.9. The summed E-state index contributed by atoms with van der Waals surface area (Å²) >= 11 is 0. The first kappa shape index (κ1) is 28.6. The number of rotatable bonds is 8. The van der Waals surface area contributed by atoms with Gasteiger partial charge in [-0.2, -0.15) is 23.4 Å². The lowest BCUT2D eigenvalue weighted by atomic mass is 9.80. The molecule has 220 valence electrons. The Morgan fingerprint density at radius 2 is 1.93 bits per heavy atom. The van der Waals surface area contributed by atoms with Crippen LogP contribution in [0.3, 0.4) is 0 Å². The van der Waals surface area contributed by atoms with Crippen LogP contribution in [-0.2, 0) is 22.6 Å². The highest BCUT2D eigenvalue weighted by atomic mass is 19.4. The number of halogens is 3. The van der Waals surface area contributed by atoms with Crippen LogP contribution in [0, 0.1) is 11.3 Å². The zero-order chi connectivity index (χ0) is 29.4. The molecular weight excluding hydrogens is 543 g/mol. The van der Waals surface area contributed by atoms with Crippen LogP contribution in [0.1, 0.15) is 79.8 Å². The van der Waals surface area contributed by atoms with Crippen molar-refractivity contribution in [2.45, 2.75) is 83.1 Å². The molecule has 0 aromatic carbocycles. The van der Waals surface area contributed by atoms with Gasteiger partial charge in [-0.25, -0.2) is 9.50 Å².